The molecule has 1 amide bonds. The van der Waals surface area contributed by atoms with Gasteiger partial charge in [-0.05, 0) is 25.1 Å². The molecule has 1 N–H and O–H groups in total. The van der Waals surface area contributed by atoms with Gasteiger partial charge in [0.05, 0.1) is 11.2 Å². The number of oxazole rings is 1. The second-order valence-corrected chi connectivity index (χ2v) is 6.44. The summed E-state index contributed by atoms with van der Waals surface area (Å²) in [6.07, 6.45) is 0. The number of carbonyl (C=O) groups is 3. The van der Waals surface area contributed by atoms with Crippen LogP contribution in [0.2, 0.25) is 0 Å². The van der Waals surface area contributed by atoms with Crippen LogP contribution in [0, 0.1) is 0 Å². The van der Waals surface area contributed by atoms with Gasteiger partial charge in [-0.3, -0.25) is 19.0 Å². The average Bonchev–Trinajstić information content (AvgIpc) is 3.29. The molecule has 10 nitrogen and oxygen atoms in total. The molecule has 2 heterocycles. The zero-order valence-electron chi connectivity index (χ0n) is 15.8. The summed E-state index contributed by atoms with van der Waals surface area (Å²) in [5, 5.41) is 2.52. The van der Waals surface area contributed by atoms with E-state index in [0.717, 1.165) is 4.57 Å². The van der Waals surface area contributed by atoms with Crippen LogP contribution in [0.25, 0.3) is 11.1 Å². The Morgan fingerprint density at radius 1 is 1.13 bits per heavy atom. The van der Waals surface area contributed by atoms with E-state index in [4.69, 9.17) is 18.6 Å². The maximum Gasteiger partial charge on any atom is 0.420 e. The van der Waals surface area contributed by atoms with E-state index in [2.05, 4.69) is 5.32 Å². The molecule has 1 aromatic heterocycles. The standard InChI is InChI=1S/C20H16N2O8/c1-11(23)12-6-16-17(29-10-28-16)7-13(12)21-18(24)9-27-19(25)8-22-14-4-2-3-5-15(14)30-20(22)26/h2-7H,8-10H2,1H3,(H,21,24). The molecule has 0 saturated heterocycles. The highest BCUT2D eigenvalue weighted by Gasteiger charge is 2.21. The van der Waals surface area contributed by atoms with Crippen LogP contribution in [-0.4, -0.2) is 35.6 Å². The number of anilines is 1. The summed E-state index contributed by atoms with van der Waals surface area (Å²) in [5.41, 5.74) is 1.23. The molecule has 0 aliphatic carbocycles. The van der Waals surface area contributed by atoms with Crippen LogP contribution in [0.4, 0.5) is 5.69 Å². The van der Waals surface area contributed by atoms with Crippen LogP contribution in [0.1, 0.15) is 17.3 Å². The number of amides is 1. The lowest BCUT2D eigenvalue weighted by molar-refractivity contribution is -0.147. The number of ketones is 1. The first kappa shape index (κ1) is 19.2. The van der Waals surface area contributed by atoms with Crippen LogP contribution in [-0.2, 0) is 20.9 Å². The van der Waals surface area contributed by atoms with Crippen molar-refractivity contribution in [3.05, 3.63) is 52.5 Å². The normalized spacial score (nSPS) is 12.0. The summed E-state index contributed by atoms with van der Waals surface area (Å²) in [6, 6.07) is 9.57. The van der Waals surface area contributed by atoms with E-state index in [1.165, 1.54) is 19.1 Å². The number of hydrogen-bond donors (Lipinski definition) is 1. The van der Waals surface area contributed by atoms with Gasteiger partial charge in [-0.25, -0.2) is 4.79 Å². The van der Waals surface area contributed by atoms with Crippen molar-refractivity contribution in [2.75, 3.05) is 18.7 Å². The maximum absolute atomic E-state index is 12.2. The van der Waals surface area contributed by atoms with Gasteiger partial charge in [-0.2, -0.15) is 0 Å². The molecule has 0 unspecified atom stereocenters. The van der Waals surface area contributed by atoms with Crippen molar-refractivity contribution in [3.8, 4) is 11.5 Å². The molecule has 0 radical (unpaired) electrons. The van der Waals surface area contributed by atoms with E-state index in [-0.39, 0.29) is 23.8 Å². The molecule has 0 spiro atoms. The predicted octanol–water partition coefficient (Wildman–Crippen LogP) is 1.71. The van der Waals surface area contributed by atoms with E-state index in [1.54, 1.807) is 24.3 Å². The molecular formula is C20H16N2O8. The number of ether oxygens (including phenoxy) is 3. The van der Waals surface area contributed by atoms with Crippen molar-refractivity contribution in [2.45, 2.75) is 13.5 Å². The monoisotopic (exact) mass is 412 g/mol. The smallest absolute Gasteiger partial charge is 0.420 e. The van der Waals surface area contributed by atoms with Crippen LogP contribution in [0.15, 0.2) is 45.6 Å². The molecule has 30 heavy (non-hydrogen) atoms. The Kier molecular flexibility index (Phi) is 4.97. The summed E-state index contributed by atoms with van der Waals surface area (Å²) >= 11 is 0. The van der Waals surface area contributed by atoms with Gasteiger partial charge in [-0.15, -0.1) is 0 Å². The number of rotatable bonds is 6. The number of nitrogens with one attached hydrogen (secondary N) is 1. The summed E-state index contributed by atoms with van der Waals surface area (Å²) in [6.45, 7) is 0.352. The van der Waals surface area contributed by atoms with Crippen molar-refractivity contribution in [1.82, 2.24) is 4.57 Å². The van der Waals surface area contributed by atoms with Crippen LogP contribution >= 0.6 is 0 Å². The van der Waals surface area contributed by atoms with Crippen LogP contribution in [0.3, 0.4) is 0 Å². The fraction of sp³-hybridized carbons (Fsp3) is 0.200. The summed E-state index contributed by atoms with van der Waals surface area (Å²) < 4.78 is 21.6. The minimum absolute atomic E-state index is 0.0176. The number of aromatic nitrogens is 1. The lowest BCUT2D eigenvalue weighted by Gasteiger charge is -2.11. The van der Waals surface area contributed by atoms with Crippen LogP contribution < -0.4 is 20.5 Å². The number of benzene rings is 2. The molecule has 154 valence electrons. The fourth-order valence-electron chi connectivity index (χ4n) is 3.01. The third kappa shape index (κ3) is 3.75. The number of esters is 1. The average molecular weight is 412 g/mol. The minimum Gasteiger partial charge on any atom is -0.454 e. The van der Waals surface area contributed by atoms with E-state index in [0.29, 0.717) is 22.6 Å². The molecule has 0 bridgehead atoms. The van der Waals surface area contributed by atoms with Gasteiger partial charge in [0.15, 0.2) is 29.5 Å². The highest BCUT2D eigenvalue weighted by atomic mass is 16.7. The number of hydrogen-bond acceptors (Lipinski definition) is 8. The number of nitrogens with zero attached hydrogens (tertiary/aromatic N) is 1. The van der Waals surface area contributed by atoms with Gasteiger partial charge in [0.2, 0.25) is 6.79 Å². The lowest BCUT2D eigenvalue weighted by atomic mass is 10.1. The first-order valence-corrected chi connectivity index (χ1v) is 8.91. The molecule has 0 saturated carbocycles. The van der Waals surface area contributed by atoms with E-state index in [1.807, 2.05) is 0 Å². The Balaban J connectivity index is 1.40. The van der Waals surface area contributed by atoms with Crippen molar-refractivity contribution in [2.24, 2.45) is 0 Å². The van der Waals surface area contributed by atoms with E-state index < -0.39 is 30.8 Å². The Labute approximate surface area is 168 Å². The Morgan fingerprint density at radius 2 is 1.87 bits per heavy atom. The second kappa shape index (κ2) is 7.74. The topological polar surface area (TPSA) is 126 Å². The van der Waals surface area contributed by atoms with Crippen molar-refractivity contribution in [1.29, 1.82) is 0 Å². The Morgan fingerprint density at radius 3 is 2.63 bits per heavy atom. The molecule has 1 aliphatic heterocycles. The van der Waals surface area contributed by atoms with Crippen molar-refractivity contribution in [3.63, 3.8) is 0 Å². The minimum atomic E-state index is -0.795. The highest BCUT2D eigenvalue weighted by molar-refractivity contribution is 6.05. The third-order valence-corrected chi connectivity index (χ3v) is 4.39. The molecule has 2 aromatic carbocycles. The van der Waals surface area contributed by atoms with Gasteiger partial charge in [0, 0.05) is 11.6 Å². The molecule has 4 rings (SSSR count). The van der Waals surface area contributed by atoms with Crippen molar-refractivity contribution < 1.29 is 33.0 Å². The Bertz CT molecular complexity index is 1220. The fourth-order valence-corrected chi connectivity index (χ4v) is 3.01. The largest absolute Gasteiger partial charge is 0.454 e. The van der Waals surface area contributed by atoms with Crippen LogP contribution in [0.5, 0.6) is 11.5 Å². The van der Waals surface area contributed by atoms with Gasteiger partial charge in [-0.1, -0.05) is 12.1 Å². The number of fused-ring (bicyclic) bond motifs is 2. The summed E-state index contributed by atoms with van der Waals surface area (Å²) in [7, 11) is 0. The first-order chi connectivity index (χ1) is 14.4. The van der Waals surface area contributed by atoms with E-state index >= 15 is 0 Å². The third-order valence-electron chi connectivity index (χ3n) is 4.39. The number of para-hydroxylation sites is 2. The summed E-state index contributed by atoms with van der Waals surface area (Å²) in [4.78, 5) is 48.1. The highest BCUT2D eigenvalue weighted by Crippen LogP contribution is 2.37. The number of Topliss-reactive ketones (excluding diaryl/α,β-unsaturated/α-hetero) is 1. The van der Waals surface area contributed by atoms with E-state index in [9.17, 15) is 19.2 Å². The summed E-state index contributed by atoms with van der Waals surface area (Å²) in [5.74, 6) is -1.65. The zero-order valence-corrected chi connectivity index (χ0v) is 15.8. The molecule has 0 atom stereocenters. The Hall–Kier alpha value is -4.08. The SMILES string of the molecule is CC(=O)c1cc2c(cc1NC(=O)COC(=O)Cn1c(=O)oc3ccccc31)OCO2. The molecular weight excluding hydrogens is 396 g/mol. The lowest BCUT2D eigenvalue weighted by Crippen LogP contribution is -2.26. The first-order valence-electron chi connectivity index (χ1n) is 8.91. The zero-order chi connectivity index (χ0) is 21.3. The van der Waals surface area contributed by atoms with Gasteiger partial charge in [0.1, 0.15) is 6.54 Å². The van der Waals surface area contributed by atoms with Gasteiger partial charge in [0.25, 0.3) is 5.91 Å². The van der Waals surface area contributed by atoms with Gasteiger partial charge >= 0.3 is 11.7 Å². The predicted molar refractivity (Wildman–Crippen MR) is 103 cm³/mol. The number of carbonyl (C=O) groups excluding carboxylic acids is 3. The molecule has 0 fully saturated rings. The molecule has 1 aliphatic rings. The quantitative estimate of drug-likeness (QED) is 0.479. The molecule has 3 aromatic rings. The van der Waals surface area contributed by atoms with Crippen molar-refractivity contribution >= 4 is 34.4 Å². The molecule has 10 heteroatoms. The second-order valence-electron chi connectivity index (χ2n) is 6.44. The van der Waals surface area contributed by atoms with Gasteiger partial charge < -0.3 is 23.9 Å². The maximum atomic E-state index is 12.2.